The number of amides is 1. The maximum atomic E-state index is 12.9. The highest BCUT2D eigenvalue weighted by Gasteiger charge is 2.19. The Labute approximate surface area is 193 Å². The number of sulfonamides is 1. The van der Waals surface area contributed by atoms with Gasteiger partial charge in [-0.25, -0.2) is 8.42 Å². The first kappa shape index (κ1) is 23.9. The summed E-state index contributed by atoms with van der Waals surface area (Å²) in [7, 11) is 0.735. The van der Waals surface area contributed by atoms with Crippen molar-refractivity contribution < 1.29 is 27.4 Å². The Kier molecular flexibility index (Phi) is 7.44. The lowest BCUT2D eigenvalue weighted by molar-refractivity contribution is 0.0939. The molecule has 9 heteroatoms. The smallest absolute Gasteiger partial charge is 0.261 e. The number of ether oxygens (including phenoxy) is 3. The van der Waals surface area contributed by atoms with Crippen molar-refractivity contribution >= 4 is 21.6 Å². The second kappa shape index (κ2) is 10.3. The van der Waals surface area contributed by atoms with Crippen LogP contribution in [0.2, 0.25) is 0 Å². The summed E-state index contributed by atoms with van der Waals surface area (Å²) in [6.07, 6.45) is 0. The van der Waals surface area contributed by atoms with Gasteiger partial charge in [-0.3, -0.25) is 9.52 Å². The second-order valence-corrected chi connectivity index (χ2v) is 8.85. The van der Waals surface area contributed by atoms with E-state index in [1.807, 2.05) is 13.0 Å². The first-order valence-electron chi connectivity index (χ1n) is 10.1. The zero-order valence-electron chi connectivity index (χ0n) is 18.8. The van der Waals surface area contributed by atoms with Gasteiger partial charge in [0.25, 0.3) is 15.9 Å². The Hall–Kier alpha value is -3.72. The summed E-state index contributed by atoms with van der Waals surface area (Å²) in [6, 6.07) is 17.3. The highest BCUT2D eigenvalue weighted by molar-refractivity contribution is 7.92. The molecule has 174 valence electrons. The number of nitrogens with one attached hydrogen (secondary N) is 2. The second-order valence-electron chi connectivity index (χ2n) is 7.16. The van der Waals surface area contributed by atoms with Gasteiger partial charge in [0, 0.05) is 22.9 Å². The highest BCUT2D eigenvalue weighted by Crippen LogP contribution is 2.29. The van der Waals surface area contributed by atoms with Gasteiger partial charge in [0.05, 0.1) is 32.3 Å². The van der Waals surface area contributed by atoms with Crippen molar-refractivity contribution in [1.82, 2.24) is 5.32 Å². The van der Waals surface area contributed by atoms with Gasteiger partial charge in [-0.15, -0.1) is 0 Å². The lowest BCUT2D eigenvalue weighted by Crippen LogP contribution is -2.27. The average molecular weight is 471 g/mol. The summed E-state index contributed by atoms with van der Waals surface area (Å²) in [5.74, 6) is 1.40. The zero-order valence-corrected chi connectivity index (χ0v) is 19.6. The molecule has 0 fully saturated rings. The fourth-order valence-corrected chi connectivity index (χ4v) is 4.32. The fraction of sp³-hybridized carbons (Fsp3) is 0.208. The minimum absolute atomic E-state index is 0.0272. The molecule has 0 aliphatic carbocycles. The Bertz CT molecular complexity index is 1230. The summed E-state index contributed by atoms with van der Waals surface area (Å²) >= 11 is 0. The van der Waals surface area contributed by atoms with E-state index in [4.69, 9.17) is 14.2 Å². The van der Waals surface area contributed by atoms with Gasteiger partial charge in [-0.2, -0.15) is 0 Å². The minimum Gasteiger partial charge on any atom is -0.497 e. The van der Waals surface area contributed by atoms with E-state index in [0.717, 1.165) is 5.56 Å². The lowest BCUT2D eigenvalue weighted by Gasteiger charge is -2.18. The standard InChI is InChI=1S/C24H26N2O6S/c1-16(22-13-12-20(31-3)15-23(22)32-4)25-24(27)17-6-5-7-21(14-17)33(28,29)26-18-8-10-19(30-2)11-9-18/h5-16,26H,1-4H3,(H,25,27). The van der Waals surface area contributed by atoms with Crippen LogP contribution in [0.3, 0.4) is 0 Å². The molecule has 8 nitrogen and oxygen atoms in total. The van der Waals surface area contributed by atoms with E-state index < -0.39 is 22.0 Å². The normalized spacial score (nSPS) is 11.9. The number of hydrogen-bond acceptors (Lipinski definition) is 6. The molecule has 0 aliphatic rings. The zero-order chi connectivity index (χ0) is 24.0. The van der Waals surface area contributed by atoms with Gasteiger partial charge in [0.2, 0.25) is 0 Å². The fourth-order valence-electron chi connectivity index (χ4n) is 3.21. The van der Waals surface area contributed by atoms with E-state index in [1.54, 1.807) is 49.6 Å². The number of benzene rings is 3. The largest absolute Gasteiger partial charge is 0.497 e. The number of hydrogen-bond donors (Lipinski definition) is 2. The lowest BCUT2D eigenvalue weighted by atomic mass is 10.1. The van der Waals surface area contributed by atoms with Crippen molar-refractivity contribution in [1.29, 1.82) is 0 Å². The van der Waals surface area contributed by atoms with Crippen LogP contribution in [-0.4, -0.2) is 35.7 Å². The molecule has 1 unspecified atom stereocenters. The van der Waals surface area contributed by atoms with Crippen LogP contribution in [0.15, 0.2) is 71.6 Å². The van der Waals surface area contributed by atoms with Gasteiger partial charge < -0.3 is 19.5 Å². The van der Waals surface area contributed by atoms with Gasteiger partial charge in [0.1, 0.15) is 17.2 Å². The average Bonchev–Trinajstić information content (AvgIpc) is 2.83. The van der Waals surface area contributed by atoms with Crippen LogP contribution in [0.4, 0.5) is 5.69 Å². The van der Waals surface area contributed by atoms with Crippen LogP contribution in [0.5, 0.6) is 17.2 Å². The third kappa shape index (κ3) is 5.75. The summed E-state index contributed by atoms with van der Waals surface area (Å²) in [4.78, 5) is 12.8. The number of methoxy groups -OCH3 is 3. The molecule has 0 aliphatic heterocycles. The van der Waals surface area contributed by atoms with Crippen molar-refractivity contribution in [3.05, 3.63) is 77.9 Å². The molecule has 1 amide bonds. The maximum absolute atomic E-state index is 12.9. The van der Waals surface area contributed by atoms with Crippen LogP contribution in [0, 0.1) is 0 Å². The molecule has 3 aromatic carbocycles. The molecule has 33 heavy (non-hydrogen) atoms. The molecule has 3 aromatic rings. The predicted molar refractivity (Wildman–Crippen MR) is 126 cm³/mol. The van der Waals surface area contributed by atoms with Crippen molar-refractivity contribution in [3.8, 4) is 17.2 Å². The third-order valence-corrected chi connectivity index (χ3v) is 6.38. The van der Waals surface area contributed by atoms with Crippen molar-refractivity contribution in [2.75, 3.05) is 26.1 Å². The maximum Gasteiger partial charge on any atom is 0.261 e. The van der Waals surface area contributed by atoms with Gasteiger partial charge in [0.15, 0.2) is 0 Å². The quantitative estimate of drug-likeness (QED) is 0.490. The number of carbonyl (C=O) groups excluding carboxylic acids is 1. The molecule has 0 saturated carbocycles. The monoisotopic (exact) mass is 470 g/mol. The van der Waals surface area contributed by atoms with Gasteiger partial charge >= 0.3 is 0 Å². The summed E-state index contributed by atoms with van der Waals surface area (Å²) in [6.45, 7) is 1.81. The van der Waals surface area contributed by atoms with Crippen LogP contribution < -0.4 is 24.2 Å². The Morgan fingerprint density at radius 3 is 2.15 bits per heavy atom. The Morgan fingerprint density at radius 2 is 1.52 bits per heavy atom. The molecule has 0 radical (unpaired) electrons. The van der Waals surface area contributed by atoms with Gasteiger partial charge in [-0.05, 0) is 61.5 Å². The summed E-state index contributed by atoms with van der Waals surface area (Å²) < 4.78 is 43.8. The molecule has 3 rings (SSSR count). The minimum atomic E-state index is -3.89. The van der Waals surface area contributed by atoms with E-state index in [2.05, 4.69) is 10.0 Å². The SMILES string of the molecule is COc1ccc(NS(=O)(=O)c2cccc(C(=O)NC(C)c3ccc(OC)cc3OC)c2)cc1. The third-order valence-electron chi connectivity index (χ3n) is 5.00. The Morgan fingerprint density at radius 1 is 0.848 bits per heavy atom. The topological polar surface area (TPSA) is 103 Å². The molecule has 0 aromatic heterocycles. The van der Waals surface area contributed by atoms with Gasteiger partial charge in [-0.1, -0.05) is 6.07 Å². The van der Waals surface area contributed by atoms with Crippen LogP contribution in [-0.2, 0) is 10.0 Å². The van der Waals surface area contributed by atoms with Crippen molar-refractivity contribution in [2.45, 2.75) is 17.9 Å². The number of anilines is 1. The molecule has 2 N–H and O–H groups in total. The molecule has 0 saturated heterocycles. The van der Waals surface area contributed by atoms with Crippen LogP contribution in [0.25, 0.3) is 0 Å². The molecule has 0 bridgehead atoms. The van der Waals surface area contributed by atoms with E-state index >= 15 is 0 Å². The number of carbonyl (C=O) groups is 1. The summed E-state index contributed by atoms with van der Waals surface area (Å²) in [5.41, 5.74) is 1.36. The van der Waals surface area contributed by atoms with E-state index in [0.29, 0.717) is 22.9 Å². The molecular weight excluding hydrogens is 444 g/mol. The van der Waals surface area contributed by atoms with E-state index in [1.165, 1.54) is 32.4 Å². The van der Waals surface area contributed by atoms with Crippen LogP contribution >= 0.6 is 0 Å². The first-order chi connectivity index (χ1) is 15.8. The van der Waals surface area contributed by atoms with E-state index in [-0.39, 0.29) is 10.5 Å². The Balaban J connectivity index is 1.77. The predicted octanol–water partition coefficient (Wildman–Crippen LogP) is 4.00. The van der Waals surface area contributed by atoms with Crippen molar-refractivity contribution in [2.24, 2.45) is 0 Å². The first-order valence-corrected chi connectivity index (χ1v) is 11.6. The van der Waals surface area contributed by atoms with E-state index in [9.17, 15) is 13.2 Å². The molecule has 0 heterocycles. The molecule has 0 spiro atoms. The molecule has 1 atom stereocenters. The number of rotatable bonds is 9. The highest BCUT2D eigenvalue weighted by atomic mass is 32.2. The van der Waals surface area contributed by atoms with Crippen LogP contribution in [0.1, 0.15) is 28.9 Å². The van der Waals surface area contributed by atoms with Crippen molar-refractivity contribution in [3.63, 3.8) is 0 Å². The summed E-state index contributed by atoms with van der Waals surface area (Å²) in [5, 5.41) is 2.88. The molecular formula is C24H26N2O6S.